The van der Waals surface area contributed by atoms with Crippen molar-refractivity contribution in [2.24, 2.45) is 0 Å². The molecule has 3 aromatic rings. The Kier molecular flexibility index (Phi) is 8.41. The van der Waals surface area contributed by atoms with Crippen LogP contribution in [0.1, 0.15) is 88.9 Å². The Bertz CT molecular complexity index is 1640. The quantitative estimate of drug-likeness (QED) is 0.0695. The first-order valence-corrected chi connectivity index (χ1v) is 14.0. The highest BCUT2D eigenvalue weighted by Gasteiger charge is 2.40. The number of rotatable bonds is 10. The molecule has 218 valence electrons. The normalized spacial score (nSPS) is 15.1. The fraction of sp³-hybridized carbons (Fsp3) is 0.367. The number of fused-ring (bicyclic) bond motifs is 2. The zero-order chi connectivity index (χ0) is 29.8. The fourth-order valence-electron chi connectivity index (χ4n) is 5.39. The van der Waals surface area contributed by atoms with Crippen LogP contribution < -0.4 is 15.7 Å². The molecule has 3 amide bonds. The van der Waals surface area contributed by atoms with Crippen molar-refractivity contribution >= 4 is 40.3 Å². The number of hydrogen-bond donors (Lipinski definition) is 1. The standard InChI is InChI=1S/C30H29N3O9/c34-25(12-5-2-6-15-32-28(36)21-10-7-11-23(33(39)40)26(21)29(32)37)41-20-14-13-18-16-22(30(38)42-24(18)17-20)27(35)31-19-8-3-1-4-9-19/h7,10-11,13-14,16-17,19H,1-6,8-9,12,15H2,(H,31,35). The highest BCUT2D eigenvalue weighted by Crippen LogP contribution is 2.31. The molecule has 2 aliphatic rings. The molecule has 42 heavy (non-hydrogen) atoms. The lowest BCUT2D eigenvalue weighted by Gasteiger charge is -2.22. The van der Waals surface area contributed by atoms with Gasteiger partial charge in [-0.05, 0) is 49.9 Å². The molecule has 5 rings (SSSR count). The van der Waals surface area contributed by atoms with Gasteiger partial charge in [-0.25, -0.2) is 4.79 Å². The number of imide groups is 1. The van der Waals surface area contributed by atoms with E-state index in [1.54, 1.807) is 12.1 Å². The number of amides is 3. The molecule has 0 saturated heterocycles. The van der Waals surface area contributed by atoms with Gasteiger partial charge in [0, 0.05) is 36.5 Å². The van der Waals surface area contributed by atoms with Crippen LogP contribution in [0.5, 0.6) is 5.75 Å². The predicted molar refractivity (Wildman–Crippen MR) is 149 cm³/mol. The number of esters is 1. The number of hydrogen-bond acceptors (Lipinski definition) is 9. The van der Waals surface area contributed by atoms with E-state index in [2.05, 4.69) is 5.32 Å². The minimum absolute atomic E-state index is 0.0166. The first-order chi connectivity index (χ1) is 20.2. The average molecular weight is 576 g/mol. The third kappa shape index (κ3) is 6.07. The zero-order valence-electron chi connectivity index (χ0n) is 22.8. The molecular formula is C30H29N3O9. The first-order valence-electron chi connectivity index (χ1n) is 14.0. The molecule has 0 bridgehead atoms. The lowest BCUT2D eigenvalue weighted by atomic mass is 9.95. The number of unbranched alkanes of at least 4 members (excludes halogenated alkanes) is 2. The summed E-state index contributed by atoms with van der Waals surface area (Å²) in [4.78, 5) is 74.2. The van der Waals surface area contributed by atoms with Crippen molar-refractivity contribution in [3.8, 4) is 5.75 Å². The number of benzene rings is 2. The Labute approximate surface area is 239 Å². The van der Waals surface area contributed by atoms with E-state index in [0.717, 1.165) is 37.0 Å². The maximum absolute atomic E-state index is 12.6. The van der Waals surface area contributed by atoms with Gasteiger partial charge in [0.15, 0.2) is 0 Å². The summed E-state index contributed by atoms with van der Waals surface area (Å²) in [5, 5.41) is 14.7. The van der Waals surface area contributed by atoms with E-state index >= 15 is 0 Å². The molecule has 1 aliphatic carbocycles. The van der Waals surface area contributed by atoms with Gasteiger partial charge in [-0.2, -0.15) is 0 Å². The van der Waals surface area contributed by atoms with Gasteiger partial charge in [-0.1, -0.05) is 31.7 Å². The number of ether oxygens (including phenoxy) is 1. The SMILES string of the molecule is O=C(CCCCCN1C(=O)c2cccc([N+](=O)[O-])c2C1=O)Oc1ccc2cc(C(=O)NC3CCCCC3)c(=O)oc2c1. The fourth-order valence-corrected chi connectivity index (χ4v) is 5.39. The summed E-state index contributed by atoms with van der Waals surface area (Å²) in [6, 6.07) is 10.0. The highest BCUT2D eigenvalue weighted by molar-refractivity contribution is 6.23. The monoisotopic (exact) mass is 575 g/mol. The van der Waals surface area contributed by atoms with Crippen molar-refractivity contribution in [2.75, 3.05) is 6.54 Å². The van der Waals surface area contributed by atoms with E-state index in [1.165, 1.54) is 30.3 Å². The van der Waals surface area contributed by atoms with Gasteiger partial charge in [-0.3, -0.25) is 34.2 Å². The van der Waals surface area contributed by atoms with Gasteiger partial charge in [-0.15, -0.1) is 0 Å². The molecule has 1 aliphatic heterocycles. The summed E-state index contributed by atoms with van der Waals surface area (Å²) < 4.78 is 10.7. The molecule has 0 spiro atoms. The Hall–Kier alpha value is -4.87. The molecule has 2 heterocycles. The molecule has 12 heteroatoms. The first kappa shape index (κ1) is 28.7. The van der Waals surface area contributed by atoms with E-state index in [9.17, 15) is 34.1 Å². The number of nitrogens with one attached hydrogen (secondary N) is 1. The summed E-state index contributed by atoms with van der Waals surface area (Å²) in [5.41, 5.74) is -1.24. The summed E-state index contributed by atoms with van der Waals surface area (Å²) in [5.74, 6) is -2.06. The van der Waals surface area contributed by atoms with E-state index < -0.39 is 39.9 Å². The summed E-state index contributed by atoms with van der Waals surface area (Å²) in [6.45, 7) is 0.0723. The van der Waals surface area contributed by atoms with Crippen LogP contribution in [0, 0.1) is 10.1 Å². The lowest BCUT2D eigenvalue weighted by Crippen LogP contribution is -2.38. The second-order valence-corrected chi connectivity index (χ2v) is 10.5. The number of nitro groups is 1. The Balaban J connectivity index is 1.10. The molecule has 12 nitrogen and oxygen atoms in total. The maximum Gasteiger partial charge on any atom is 0.349 e. The summed E-state index contributed by atoms with van der Waals surface area (Å²) in [6.07, 6.45) is 6.41. The molecule has 2 aromatic carbocycles. The number of carbonyl (C=O) groups excluding carboxylic acids is 4. The number of nitrogens with zero attached hydrogens (tertiary/aromatic N) is 2. The van der Waals surface area contributed by atoms with Crippen molar-refractivity contribution in [1.29, 1.82) is 0 Å². The molecule has 1 N–H and O–H groups in total. The zero-order valence-corrected chi connectivity index (χ0v) is 22.8. The van der Waals surface area contributed by atoms with Crippen molar-refractivity contribution < 1.29 is 33.3 Å². The van der Waals surface area contributed by atoms with Gasteiger partial charge in [0.05, 0.1) is 10.5 Å². The van der Waals surface area contributed by atoms with E-state index in [-0.39, 0.29) is 47.0 Å². The Morgan fingerprint density at radius 2 is 1.79 bits per heavy atom. The van der Waals surface area contributed by atoms with Crippen LogP contribution in [0.2, 0.25) is 0 Å². The second kappa shape index (κ2) is 12.3. The topological polar surface area (TPSA) is 166 Å². The molecule has 1 fully saturated rings. The Morgan fingerprint density at radius 1 is 1.00 bits per heavy atom. The van der Waals surface area contributed by atoms with Crippen molar-refractivity contribution in [1.82, 2.24) is 10.2 Å². The highest BCUT2D eigenvalue weighted by atomic mass is 16.6. The molecule has 1 aromatic heterocycles. The minimum Gasteiger partial charge on any atom is -0.426 e. The smallest absolute Gasteiger partial charge is 0.349 e. The average Bonchev–Trinajstić information content (AvgIpc) is 3.21. The van der Waals surface area contributed by atoms with Gasteiger partial charge in [0.25, 0.3) is 23.4 Å². The van der Waals surface area contributed by atoms with Crippen LogP contribution in [-0.4, -0.2) is 46.1 Å². The van der Waals surface area contributed by atoms with Crippen molar-refractivity contribution in [3.63, 3.8) is 0 Å². The third-order valence-electron chi connectivity index (χ3n) is 7.56. The minimum atomic E-state index is -0.771. The summed E-state index contributed by atoms with van der Waals surface area (Å²) >= 11 is 0. The molecule has 0 radical (unpaired) electrons. The van der Waals surface area contributed by atoms with Gasteiger partial charge in [0.2, 0.25) is 0 Å². The summed E-state index contributed by atoms with van der Waals surface area (Å²) in [7, 11) is 0. The van der Waals surface area contributed by atoms with Crippen LogP contribution >= 0.6 is 0 Å². The number of carbonyl (C=O) groups is 4. The van der Waals surface area contributed by atoms with E-state index in [4.69, 9.17) is 9.15 Å². The third-order valence-corrected chi connectivity index (χ3v) is 7.56. The molecule has 0 atom stereocenters. The van der Waals surface area contributed by atoms with E-state index in [1.807, 2.05) is 0 Å². The van der Waals surface area contributed by atoms with E-state index in [0.29, 0.717) is 24.6 Å². The Morgan fingerprint density at radius 3 is 2.55 bits per heavy atom. The number of nitro benzene ring substituents is 1. The van der Waals surface area contributed by atoms with Crippen LogP contribution in [0.25, 0.3) is 11.0 Å². The molecule has 0 unspecified atom stereocenters. The van der Waals surface area contributed by atoms with Gasteiger partial charge >= 0.3 is 11.6 Å². The van der Waals surface area contributed by atoms with Crippen LogP contribution in [0.4, 0.5) is 5.69 Å². The van der Waals surface area contributed by atoms with Gasteiger partial charge < -0.3 is 14.5 Å². The van der Waals surface area contributed by atoms with Crippen LogP contribution in [0.3, 0.4) is 0 Å². The van der Waals surface area contributed by atoms with Crippen molar-refractivity contribution in [3.05, 3.63) is 79.7 Å². The largest absolute Gasteiger partial charge is 0.426 e. The molecular weight excluding hydrogens is 546 g/mol. The molecule has 1 saturated carbocycles. The van der Waals surface area contributed by atoms with Crippen molar-refractivity contribution in [2.45, 2.75) is 63.8 Å². The second-order valence-electron chi connectivity index (χ2n) is 10.5. The van der Waals surface area contributed by atoms with Gasteiger partial charge in [0.1, 0.15) is 22.5 Å². The van der Waals surface area contributed by atoms with Crippen LogP contribution in [-0.2, 0) is 4.79 Å². The van der Waals surface area contributed by atoms with Crippen LogP contribution in [0.15, 0.2) is 51.7 Å². The lowest BCUT2D eigenvalue weighted by molar-refractivity contribution is -0.385. The predicted octanol–water partition coefficient (Wildman–Crippen LogP) is 4.53. The maximum atomic E-state index is 12.6.